The zero-order chi connectivity index (χ0) is 18.3. The number of imidazole rings is 1. The lowest BCUT2D eigenvalue weighted by atomic mass is 9.95. The Morgan fingerprint density at radius 3 is 2.65 bits per heavy atom. The molecule has 0 aromatic carbocycles. The van der Waals surface area contributed by atoms with Crippen LogP contribution in [0.25, 0.3) is 11.2 Å². The topological polar surface area (TPSA) is 152 Å². The predicted octanol–water partition coefficient (Wildman–Crippen LogP) is -0.235. The van der Waals surface area contributed by atoms with Crippen LogP contribution in [-0.4, -0.2) is 65.8 Å². The summed E-state index contributed by atoms with van der Waals surface area (Å²) >= 11 is 0. The first kappa shape index (κ1) is 17.4. The molecule has 26 heavy (non-hydrogen) atoms. The van der Waals surface area contributed by atoms with E-state index in [9.17, 15) is 15.3 Å². The average Bonchev–Trinajstić information content (AvgIpc) is 3.17. The normalized spacial score (nSPS) is 30.1. The number of fused-ring (bicyclic) bond motifs is 1. The second-order valence-corrected chi connectivity index (χ2v) is 6.96. The maximum atomic E-state index is 10.3. The van der Waals surface area contributed by atoms with Gasteiger partial charge in [0.25, 0.3) is 0 Å². The number of aliphatic hydroxyl groups is 3. The fourth-order valence-electron chi connectivity index (χ4n) is 3.77. The van der Waals surface area contributed by atoms with Gasteiger partial charge in [-0.15, -0.1) is 0 Å². The average molecular weight is 364 g/mol. The van der Waals surface area contributed by atoms with Crippen LogP contribution in [0.2, 0.25) is 0 Å². The SMILES string of the molecule is Nc1nc(NC2CCCCC2)c2ncn([C@@H]3O[C@H](CO)[C@H](O)[C@@H]3O)c2n1. The van der Waals surface area contributed by atoms with Gasteiger partial charge in [0.2, 0.25) is 5.95 Å². The number of aromatic nitrogens is 4. The van der Waals surface area contributed by atoms with Crippen LogP contribution in [0.15, 0.2) is 6.33 Å². The summed E-state index contributed by atoms with van der Waals surface area (Å²) in [5.41, 5.74) is 6.81. The van der Waals surface area contributed by atoms with Crippen LogP contribution in [-0.2, 0) is 4.74 Å². The highest BCUT2D eigenvalue weighted by Crippen LogP contribution is 2.33. The summed E-state index contributed by atoms with van der Waals surface area (Å²) in [5, 5.41) is 32.9. The molecule has 0 amide bonds. The highest BCUT2D eigenvalue weighted by molar-refractivity contribution is 5.84. The van der Waals surface area contributed by atoms with E-state index < -0.39 is 31.1 Å². The van der Waals surface area contributed by atoms with Crippen molar-refractivity contribution in [1.29, 1.82) is 0 Å². The van der Waals surface area contributed by atoms with Gasteiger partial charge in [-0.25, -0.2) is 4.98 Å². The van der Waals surface area contributed by atoms with Crippen molar-refractivity contribution in [3.05, 3.63) is 6.33 Å². The number of nitrogens with one attached hydrogen (secondary N) is 1. The molecule has 0 unspecified atom stereocenters. The lowest BCUT2D eigenvalue weighted by Gasteiger charge is -2.23. The third kappa shape index (κ3) is 2.98. The molecule has 2 aromatic rings. The molecular formula is C16H24N6O4. The Kier molecular flexibility index (Phi) is 4.65. The quantitative estimate of drug-likeness (QED) is 0.495. The van der Waals surface area contributed by atoms with E-state index in [4.69, 9.17) is 10.5 Å². The first-order valence-electron chi connectivity index (χ1n) is 8.97. The largest absolute Gasteiger partial charge is 0.394 e. The van der Waals surface area contributed by atoms with E-state index >= 15 is 0 Å². The molecule has 10 nitrogen and oxygen atoms in total. The molecule has 2 aromatic heterocycles. The van der Waals surface area contributed by atoms with E-state index in [0.717, 1.165) is 12.8 Å². The van der Waals surface area contributed by atoms with Crippen molar-refractivity contribution in [2.45, 2.75) is 62.7 Å². The Balaban J connectivity index is 1.67. The predicted molar refractivity (Wildman–Crippen MR) is 93.2 cm³/mol. The van der Waals surface area contributed by atoms with Gasteiger partial charge < -0.3 is 31.1 Å². The lowest BCUT2D eigenvalue weighted by molar-refractivity contribution is -0.0511. The van der Waals surface area contributed by atoms with Crippen molar-refractivity contribution >= 4 is 22.9 Å². The minimum absolute atomic E-state index is 0.0873. The molecule has 1 aliphatic carbocycles. The van der Waals surface area contributed by atoms with Gasteiger partial charge in [0, 0.05) is 6.04 Å². The first-order valence-corrected chi connectivity index (χ1v) is 8.97. The van der Waals surface area contributed by atoms with Crippen molar-refractivity contribution < 1.29 is 20.1 Å². The Bertz CT molecular complexity index is 777. The molecule has 1 aliphatic heterocycles. The third-order valence-corrected chi connectivity index (χ3v) is 5.18. The number of hydrogen-bond donors (Lipinski definition) is 5. The van der Waals surface area contributed by atoms with Gasteiger partial charge in [0.05, 0.1) is 12.9 Å². The molecule has 0 bridgehead atoms. The first-order chi connectivity index (χ1) is 12.6. The van der Waals surface area contributed by atoms with Gasteiger partial charge in [-0.2, -0.15) is 9.97 Å². The Labute approximate surface area is 150 Å². The van der Waals surface area contributed by atoms with E-state index in [-0.39, 0.29) is 5.95 Å². The number of nitrogens with zero attached hydrogens (tertiary/aromatic N) is 4. The molecule has 2 aliphatic rings. The molecule has 2 fully saturated rings. The van der Waals surface area contributed by atoms with E-state index in [1.165, 1.54) is 30.2 Å². The summed E-state index contributed by atoms with van der Waals surface area (Å²) in [6, 6.07) is 0.320. The molecule has 0 spiro atoms. The van der Waals surface area contributed by atoms with Crippen molar-refractivity contribution in [2.24, 2.45) is 0 Å². The highest BCUT2D eigenvalue weighted by Gasteiger charge is 2.44. The standard InChI is InChI=1S/C16H24N6O4/c17-16-20-13(19-8-4-2-1-3-5-8)10-14(21-16)22(7-18-10)15-12(25)11(24)9(6-23)26-15/h7-9,11-12,15,23-25H,1-6H2,(H3,17,19,20,21)/t9-,11+,12+,15-/m1/s1. The zero-order valence-electron chi connectivity index (χ0n) is 14.3. The molecule has 1 saturated heterocycles. The van der Waals surface area contributed by atoms with Crippen molar-refractivity contribution in [3.8, 4) is 0 Å². The van der Waals surface area contributed by atoms with Crippen molar-refractivity contribution in [3.63, 3.8) is 0 Å². The summed E-state index contributed by atoms with van der Waals surface area (Å²) in [4.78, 5) is 12.9. The fraction of sp³-hybridized carbons (Fsp3) is 0.688. The smallest absolute Gasteiger partial charge is 0.224 e. The molecule has 1 saturated carbocycles. The van der Waals surface area contributed by atoms with Crippen LogP contribution in [0.5, 0.6) is 0 Å². The minimum Gasteiger partial charge on any atom is -0.394 e. The van der Waals surface area contributed by atoms with E-state index in [0.29, 0.717) is 23.0 Å². The summed E-state index contributed by atoms with van der Waals surface area (Å²) in [5.74, 6) is 0.647. The van der Waals surface area contributed by atoms with Gasteiger partial charge >= 0.3 is 0 Å². The summed E-state index contributed by atoms with van der Waals surface area (Å²) in [7, 11) is 0. The molecule has 6 N–H and O–H groups in total. The van der Waals surface area contributed by atoms with Crippen LogP contribution < -0.4 is 11.1 Å². The monoisotopic (exact) mass is 364 g/mol. The fourth-order valence-corrected chi connectivity index (χ4v) is 3.77. The van der Waals surface area contributed by atoms with Gasteiger partial charge in [0.15, 0.2) is 23.2 Å². The van der Waals surface area contributed by atoms with Crippen LogP contribution in [0.4, 0.5) is 11.8 Å². The zero-order valence-corrected chi connectivity index (χ0v) is 14.3. The van der Waals surface area contributed by atoms with Gasteiger partial charge in [0.1, 0.15) is 18.3 Å². The second kappa shape index (κ2) is 6.95. The van der Waals surface area contributed by atoms with Crippen LogP contribution in [0, 0.1) is 0 Å². The Morgan fingerprint density at radius 2 is 1.96 bits per heavy atom. The third-order valence-electron chi connectivity index (χ3n) is 5.18. The van der Waals surface area contributed by atoms with Gasteiger partial charge in [-0.05, 0) is 12.8 Å². The van der Waals surface area contributed by atoms with Gasteiger partial charge in [-0.3, -0.25) is 4.57 Å². The van der Waals surface area contributed by atoms with Crippen molar-refractivity contribution in [1.82, 2.24) is 19.5 Å². The van der Waals surface area contributed by atoms with E-state index in [1.807, 2.05) is 0 Å². The Hall–Kier alpha value is -2.01. The molecule has 0 radical (unpaired) electrons. The number of hydrogen-bond acceptors (Lipinski definition) is 9. The number of nitrogen functional groups attached to an aromatic ring is 1. The second-order valence-electron chi connectivity index (χ2n) is 6.96. The number of rotatable bonds is 4. The van der Waals surface area contributed by atoms with Crippen LogP contribution in [0.1, 0.15) is 38.3 Å². The minimum atomic E-state index is -1.21. The van der Waals surface area contributed by atoms with E-state index in [1.54, 1.807) is 0 Å². The summed E-state index contributed by atoms with van der Waals surface area (Å²) < 4.78 is 7.09. The Morgan fingerprint density at radius 1 is 1.19 bits per heavy atom. The lowest BCUT2D eigenvalue weighted by Crippen LogP contribution is -2.33. The van der Waals surface area contributed by atoms with Gasteiger partial charge in [-0.1, -0.05) is 19.3 Å². The molecule has 142 valence electrons. The molecule has 4 atom stereocenters. The number of aliphatic hydroxyl groups excluding tert-OH is 3. The summed E-state index contributed by atoms with van der Waals surface area (Å²) in [6.45, 7) is -0.396. The highest BCUT2D eigenvalue weighted by atomic mass is 16.6. The molecule has 3 heterocycles. The molecule has 10 heteroatoms. The van der Waals surface area contributed by atoms with E-state index in [2.05, 4.69) is 20.3 Å². The number of ether oxygens (including phenoxy) is 1. The number of anilines is 2. The maximum absolute atomic E-state index is 10.3. The molecule has 4 rings (SSSR count). The maximum Gasteiger partial charge on any atom is 0.224 e. The van der Waals surface area contributed by atoms with Crippen LogP contribution in [0.3, 0.4) is 0 Å². The molecular weight excluding hydrogens is 340 g/mol. The van der Waals surface area contributed by atoms with Crippen LogP contribution >= 0.6 is 0 Å². The number of nitrogens with two attached hydrogens (primary N) is 1. The summed E-state index contributed by atoms with van der Waals surface area (Å²) in [6.07, 6.45) is 3.04. The van der Waals surface area contributed by atoms with Crippen molar-refractivity contribution in [2.75, 3.05) is 17.7 Å².